The maximum absolute atomic E-state index is 12.9. The third kappa shape index (κ3) is 4.21. The largest absolute Gasteiger partial charge is 0.328 e. The van der Waals surface area contributed by atoms with Crippen LogP contribution in [0.5, 0.6) is 0 Å². The smallest absolute Gasteiger partial charge is 0.287 e. The van der Waals surface area contributed by atoms with Gasteiger partial charge in [-0.25, -0.2) is 8.78 Å². The van der Waals surface area contributed by atoms with Gasteiger partial charge in [0.2, 0.25) is 6.29 Å². The van der Waals surface area contributed by atoms with E-state index in [4.69, 9.17) is 0 Å². The van der Waals surface area contributed by atoms with Crippen molar-refractivity contribution >= 4 is 12.2 Å². The van der Waals surface area contributed by atoms with E-state index < -0.39 is 5.91 Å². The van der Waals surface area contributed by atoms with Crippen molar-refractivity contribution < 1.29 is 18.4 Å². The van der Waals surface area contributed by atoms with E-state index in [2.05, 4.69) is 0 Å². The van der Waals surface area contributed by atoms with Crippen molar-refractivity contribution in [3.05, 3.63) is 71.3 Å². The van der Waals surface area contributed by atoms with Crippen LogP contribution in [0.15, 0.2) is 48.5 Å². The molecule has 0 saturated carbocycles. The first-order valence-corrected chi connectivity index (χ1v) is 6.31. The van der Waals surface area contributed by atoms with Crippen molar-refractivity contribution in [2.45, 2.75) is 13.1 Å². The Kier molecular flexibility index (Phi) is 4.77. The molecule has 0 aromatic heterocycles. The molecule has 0 N–H and O–H groups in total. The Morgan fingerprint density at radius 3 is 1.57 bits per heavy atom. The van der Waals surface area contributed by atoms with Gasteiger partial charge in [0.25, 0.3) is 5.91 Å². The molecule has 108 valence electrons. The Bertz CT molecular complexity index is 576. The number of rotatable bonds is 5. The quantitative estimate of drug-likeness (QED) is 0.627. The van der Waals surface area contributed by atoms with Gasteiger partial charge in [-0.05, 0) is 35.4 Å². The van der Waals surface area contributed by atoms with E-state index in [1.54, 1.807) is 24.3 Å². The highest BCUT2D eigenvalue weighted by Gasteiger charge is 2.13. The number of benzene rings is 2. The van der Waals surface area contributed by atoms with Crippen LogP contribution < -0.4 is 0 Å². The summed E-state index contributed by atoms with van der Waals surface area (Å²) >= 11 is 0. The third-order valence-electron chi connectivity index (χ3n) is 2.99. The minimum absolute atomic E-state index is 0.176. The van der Waals surface area contributed by atoms with E-state index in [1.807, 2.05) is 0 Å². The second-order valence-electron chi connectivity index (χ2n) is 4.57. The monoisotopic (exact) mass is 289 g/mol. The molecule has 0 aliphatic rings. The fraction of sp³-hybridized carbons (Fsp3) is 0.125. The first-order valence-electron chi connectivity index (χ1n) is 6.31. The molecule has 21 heavy (non-hydrogen) atoms. The van der Waals surface area contributed by atoms with Crippen LogP contribution in [0.3, 0.4) is 0 Å². The lowest BCUT2D eigenvalue weighted by Gasteiger charge is -2.20. The number of aldehydes is 1. The first kappa shape index (κ1) is 14.8. The minimum atomic E-state index is -0.677. The Morgan fingerprint density at radius 1 is 0.857 bits per heavy atom. The average Bonchev–Trinajstić information content (AvgIpc) is 2.50. The summed E-state index contributed by atoms with van der Waals surface area (Å²) in [5.41, 5.74) is 1.41. The van der Waals surface area contributed by atoms with Crippen molar-refractivity contribution in [1.82, 2.24) is 4.90 Å². The first-order chi connectivity index (χ1) is 10.1. The lowest BCUT2D eigenvalue weighted by molar-refractivity contribution is -0.139. The van der Waals surface area contributed by atoms with Crippen LogP contribution >= 0.6 is 0 Å². The number of hydrogen-bond donors (Lipinski definition) is 0. The minimum Gasteiger partial charge on any atom is -0.328 e. The van der Waals surface area contributed by atoms with E-state index in [-0.39, 0.29) is 31.0 Å². The van der Waals surface area contributed by atoms with Gasteiger partial charge in [-0.1, -0.05) is 24.3 Å². The molecule has 0 heterocycles. The Morgan fingerprint density at radius 2 is 1.24 bits per heavy atom. The normalized spacial score (nSPS) is 10.2. The lowest BCUT2D eigenvalue weighted by atomic mass is 10.1. The summed E-state index contributed by atoms with van der Waals surface area (Å²) in [5.74, 6) is -1.42. The van der Waals surface area contributed by atoms with Crippen LogP contribution in [0, 0.1) is 11.6 Å². The van der Waals surface area contributed by atoms with Gasteiger partial charge >= 0.3 is 0 Å². The summed E-state index contributed by atoms with van der Waals surface area (Å²) in [6.45, 7) is 0.352. The molecule has 2 aromatic rings. The number of nitrogens with zero attached hydrogens (tertiary/aromatic N) is 1. The molecule has 0 aliphatic heterocycles. The molecule has 3 nitrogen and oxygen atoms in total. The van der Waals surface area contributed by atoms with Crippen molar-refractivity contribution in [3.8, 4) is 0 Å². The molecule has 0 atom stereocenters. The number of carbonyl (C=O) groups excluding carboxylic acids is 2. The summed E-state index contributed by atoms with van der Waals surface area (Å²) in [6.07, 6.45) is 0.229. The van der Waals surface area contributed by atoms with Crippen molar-refractivity contribution in [2.75, 3.05) is 0 Å². The van der Waals surface area contributed by atoms with Crippen LogP contribution in [-0.4, -0.2) is 17.1 Å². The van der Waals surface area contributed by atoms with Crippen LogP contribution in [0.4, 0.5) is 8.78 Å². The van der Waals surface area contributed by atoms with Gasteiger partial charge < -0.3 is 4.90 Å². The number of carbonyl (C=O) groups is 2. The maximum Gasteiger partial charge on any atom is 0.287 e. The molecule has 0 spiro atoms. The van der Waals surface area contributed by atoms with Gasteiger partial charge in [0, 0.05) is 13.1 Å². The lowest BCUT2D eigenvalue weighted by Crippen LogP contribution is -2.30. The highest BCUT2D eigenvalue weighted by atomic mass is 19.1. The Balaban J connectivity index is 2.14. The second-order valence-corrected chi connectivity index (χ2v) is 4.57. The van der Waals surface area contributed by atoms with Crippen LogP contribution in [0.25, 0.3) is 0 Å². The van der Waals surface area contributed by atoms with Crippen LogP contribution in [0.2, 0.25) is 0 Å². The van der Waals surface area contributed by atoms with Crippen molar-refractivity contribution in [3.63, 3.8) is 0 Å². The van der Waals surface area contributed by atoms with Gasteiger partial charge in [0.15, 0.2) is 0 Å². The van der Waals surface area contributed by atoms with Crippen molar-refractivity contribution in [1.29, 1.82) is 0 Å². The number of hydrogen-bond acceptors (Lipinski definition) is 2. The van der Waals surface area contributed by atoms with E-state index in [9.17, 15) is 18.4 Å². The van der Waals surface area contributed by atoms with E-state index in [1.165, 1.54) is 29.2 Å². The summed E-state index contributed by atoms with van der Waals surface area (Å²) in [4.78, 5) is 23.7. The predicted octanol–water partition coefficient (Wildman–Crippen LogP) is 2.69. The van der Waals surface area contributed by atoms with Gasteiger partial charge in [0.05, 0.1) is 0 Å². The SMILES string of the molecule is O=CC(=O)N(Cc1ccc(F)cc1)Cc1ccc(F)cc1. The molecule has 0 fully saturated rings. The molecule has 0 aliphatic carbocycles. The summed E-state index contributed by atoms with van der Waals surface area (Å²) in [5, 5.41) is 0. The molecular weight excluding hydrogens is 276 g/mol. The molecule has 1 amide bonds. The van der Waals surface area contributed by atoms with E-state index in [0.29, 0.717) is 11.1 Å². The molecule has 0 radical (unpaired) electrons. The van der Waals surface area contributed by atoms with Crippen LogP contribution in [0.1, 0.15) is 11.1 Å². The Hall–Kier alpha value is -2.56. The molecule has 0 bridgehead atoms. The van der Waals surface area contributed by atoms with Gasteiger partial charge in [-0.3, -0.25) is 9.59 Å². The third-order valence-corrected chi connectivity index (χ3v) is 2.99. The van der Waals surface area contributed by atoms with Crippen molar-refractivity contribution in [2.24, 2.45) is 0 Å². The Labute approximate surface area is 120 Å². The van der Waals surface area contributed by atoms with Gasteiger partial charge in [0.1, 0.15) is 11.6 Å². The fourth-order valence-electron chi connectivity index (χ4n) is 1.91. The van der Waals surface area contributed by atoms with Gasteiger partial charge in [-0.15, -0.1) is 0 Å². The zero-order chi connectivity index (χ0) is 15.2. The standard InChI is InChI=1S/C16H13F2NO2/c17-14-5-1-12(2-6-14)9-19(16(21)11-20)10-13-3-7-15(18)8-4-13/h1-8,11H,9-10H2. The topological polar surface area (TPSA) is 37.4 Å². The summed E-state index contributed by atoms with van der Waals surface area (Å²) in [7, 11) is 0. The zero-order valence-corrected chi connectivity index (χ0v) is 11.1. The molecular formula is C16H13F2NO2. The average molecular weight is 289 g/mol. The summed E-state index contributed by atoms with van der Waals surface area (Å²) < 4.78 is 25.7. The summed E-state index contributed by atoms with van der Waals surface area (Å²) in [6, 6.07) is 11.3. The van der Waals surface area contributed by atoms with E-state index in [0.717, 1.165) is 0 Å². The van der Waals surface area contributed by atoms with Crippen LogP contribution in [-0.2, 0) is 22.7 Å². The zero-order valence-electron chi connectivity index (χ0n) is 11.1. The van der Waals surface area contributed by atoms with E-state index >= 15 is 0 Å². The highest BCUT2D eigenvalue weighted by molar-refractivity contribution is 6.23. The maximum atomic E-state index is 12.9. The molecule has 0 unspecified atom stereocenters. The number of halogens is 2. The second kappa shape index (κ2) is 6.74. The molecule has 0 saturated heterocycles. The highest BCUT2D eigenvalue weighted by Crippen LogP contribution is 2.11. The molecule has 5 heteroatoms. The van der Waals surface area contributed by atoms with Gasteiger partial charge in [-0.2, -0.15) is 0 Å². The predicted molar refractivity (Wildman–Crippen MR) is 73.1 cm³/mol. The fourth-order valence-corrected chi connectivity index (χ4v) is 1.91. The number of amides is 1. The molecule has 2 aromatic carbocycles. The molecule has 2 rings (SSSR count).